The zero-order valence-corrected chi connectivity index (χ0v) is 13.3. The molecule has 1 aromatic carbocycles. The standard InChI is InChI=1S/C18H15N3O4/c22-18(20-11-12-3-5-19-6-4-12)14-10-16(25-21-14)13-1-2-15-17(9-13)24-8-7-23-15/h1-6,9-10H,7-8,11H2,(H,20,22). The van der Waals surface area contributed by atoms with E-state index in [1.165, 1.54) is 0 Å². The molecule has 0 saturated heterocycles. The van der Waals surface area contributed by atoms with Gasteiger partial charge in [0, 0.05) is 30.6 Å². The number of carbonyl (C=O) groups excluding carboxylic acids is 1. The molecule has 0 spiro atoms. The second-order valence-electron chi connectivity index (χ2n) is 5.47. The van der Waals surface area contributed by atoms with Gasteiger partial charge in [0.1, 0.15) is 13.2 Å². The molecule has 0 atom stereocenters. The zero-order chi connectivity index (χ0) is 17.1. The van der Waals surface area contributed by atoms with Crippen LogP contribution in [0.4, 0.5) is 0 Å². The number of aromatic nitrogens is 2. The number of ether oxygens (including phenoxy) is 2. The second-order valence-corrected chi connectivity index (χ2v) is 5.47. The smallest absolute Gasteiger partial charge is 0.273 e. The number of hydrogen-bond acceptors (Lipinski definition) is 6. The largest absolute Gasteiger partial charge is 0.486 e. The molecule has 0 unspecified atom stereocenters. The number of hydrogen-bond donors (Lipinski definition) is 1. The molecular formula is C18H15N3O4. The molecule has 0 bridgehead atoms. The fourth-order valence-electron chi connectivity index (χ4n) is 2.49. The number of benzene rings is 1. The van der Waals surface area contributed by atoms with Crippen LogP contribution in [0.2, 0.25) is 0 Å². The van der Waals surface area contributed by atoms with Crippen LogP contribution in [0.3, 0.4) is 0 Å². The molecule has 0 saturated carbocycles. The third-order valence-electron chi connectivity index (χ3n) is 3.77. The van der Waals surface area contributed by atoms with Crippen LogP contribution in [0.5, 0.6) is 11.5 Å². The Labute approximate surface area is 143 Å². The highest BCUT2D eigenvalue weighted by molar-refractivity contribution is 5.93. The Bertz CT molecular complexity index is 892. The number of carbonyl (C=O) groups is 1. The quantitative estimate of drug-likeness (QED) is 0.787. The lowest BCUT2D eigenvalue weighted by Crippen LogP contribution is -2.22. The first-order valence-corrected chi connectivity index (χ1v) is 7.83. The highest BCUT2D eigenvalue weighted by atomic mass is 16.6. The van der Waals surface area contributed by atoms with E-state index in [9.17, 15) is 4.79 Å². The first-order valence-electron chi connectivity index (χ1n) is 7.83. The van der Waals surface area contributed by atoms with Crippen molar-refractivity contribution in [3.8, 4) is 22.8 Å². The van der Waals surface area contributed by atoms with E-state index >= 15 is 0 Å². The summed E-state index contributed by atoms with van der Waals surface area (Å²) in [4.78, 5) is 16.1. The van der Waals surface area contributed by atoms with E-state index in [0.717, 1.165) is 11.1 Å². The van der Waals surface area contributed by atoms with Gasteiger partial charge in [0.25, 0.3) is 5.91 Å². The van der Waals surface area contributed by atoms with E-state index in [0.29, 0.717) is 37.0 Å². The van der Waals surface area contributed by atoms with Crippen LogP contribution in [0, 0.1) is 0 Å². The molecule has 0 aliphatic carbocycles. The Kier molecular flexibility index (Phi) is 4.04. The van der Waals surface area contributed by atoms with E-state index in [-0.39, 0.29) is 11.6 Å². The van der Waals surface area contributed by atoms with Crippen molar-refractivity contribution in [1.82, 2.24) is 15.5 Å². The average Bonchev–Trinajstić information content (AvgIpc) is 3.17. The summed E-state index contributed by atoms with van der Waals surface area (Å²) < 4.78 is 16.3. The molecule has 4 rings (SSSR count). The molecule has 2 aromatic heterocycles. The second kappa shape index (κ2) is 6.64. The third kappa shape index (κ3) is 3.30. The van der Waals surface area contributed by atoms with Crippen molar-refractivity contribution in [2.24, 2.45) is 0 Å². The van der Waals surface area contributed by atoms with Gasteiger partial charge in [-0.1, -0.05) is 5.16 Å². The number of rotatable bonds is 4. The number of amides is 1. The van der Waals surface area contributed by atoms with Crippen molar-refractivity contribution in [1.29, 1.82) is 0 Å². The fourth-order valence-corrected chi connectivity index (χ4v) is 2.49. The van der Waals surface area contributed by atoms with Gasteiger partial charge >= 0.3 is 0 Å². The molecule has 0 fully saturated rings. The Morgan fingerprint density at radius 1 is 1.04 bits per heavy atom. The van der Waals surface area contributed by atoms with Gasteiger partial charge in [-0.3, -0.25) is 9.78 Å². The van der Waals surface area contributed by atoms with Gasteiger partial charge in [-0.05, 0) is 35.9 Å². The van der Waals surface area contributed by atoms with Crippen LogP contribution in [0.25, 0.3) is 11.3 Å². The summed E-state index contributed by atoms with van der Waals surface area (Å²) in [5.74, 6) is 1.55. The lowest BCUT2D eigenvalue weighted by Gasteiger charge is -2.18. The predicted octanol–water partition coefficient (Wildman–Crippen LogP) is 2.44. The topological polar surface area (TPSA) is 86.5 Å². The molecule has 25 heavy (non-hydrogen) atoms. The Hall–Kier alpha value is -3.35. The van der Waals surface area contributed by atoms with Gasteiger partial charge in [0.2, 0.25) is 0 Å². The van der Waals surface area contributed by atoms with Crippen LogP contribution in [-0.2, 0) is 6.54 Å². The predicted molar refractivity (Wildman–Crippen MR) is 88.3 cm³/mol. The molecule has 0 radical (unpaired) electrons. The highest BCUT2D eigenvalue weighted by Gasteiger charge is 2.17. The van der Waals surface area contributed by atoms with Crippen molar-refractivity contribution in [3.63, 3.8) is 0 Å². The third-order valence-corrected chi connectivity index (χ3v) is 3.77. The molecule has 3 heterocycles. The number of nitrogens with one attached hydrogen (secondary N) is 1. The number of nitrogens with zero attached hydrogens (tertiary/aromatic N) is 2. The minimum absolute atomic E-state index is 0.221. The van der Waals surface area contributed by atoms with Gasteiger partial charge in [-0.2, -0.15) is 0 Å². The van der Waals surface area contributed by atoms with E-state index in [4.69, 9.17) is 14.0 Å². The van der Waals surface area contributed by atoms with Crippen LogP contribution >= 0.6 is 0 Å². The molecule has 1 amide bonds. The first kappa shape index (κ1) is 15.2. The first-order chi connectivity index (χ1) is 12.3. The van der Waals surface area contributed by atoms with Crippen LogP contribution in [0.15, 0.2) is 53.3 Å². The van der Waals surface area contributed by atoms with Gasteiger partial charge in [-0.25, -0.2) is 0 Å². The van der Waals surface area contributed by atoms with Gasteiger partial charge in [0.05, 0.1) is 0 Å². The van der Waals surface area contributed by atoms with E-state index in [2.05, 4.69) is 15.5 Å². The SMILES string of the molecule is O=C(NCc1ccncc1)c1cc(-c2ccc3c(c2)OCCO3)on1. The Balaban J connectivity index is 1.47. The summed E-state index contributed by atoms with van der Waals surface area (Å²) in [5, 5.41) is 6.64. The van der Waals surface area contributed by atoms with Crippen LogP contribution in [-0.4, -0.2) is 29.3 Å². The lowest BCUT2D eigenvalue weighted by molar-refractivity contribution is 0.0942. The summed E-state index contributed by atoms with van der Waals surface area (Å²) in [5.41, 5.74) is 1.95. The summed E-state index contributed by atoms with van der Waals surface area (Å²) in [6, 6.07) is 10.7. The van der Waals surface area contributed by atoms with Crippen LogP contribution in [0.1, 0.15) is 16.1 Å². The van der Waals surface area contributed by atoms with Gasteiger partial charge < -0.3 is 19.3 Å². The maximum atomic E-state index is 12.2. The number of pyridine rings is 1. The summed E-state index contributed by atoms with van der Waals surface area (Å²) >= 11 is 0. The van der Waals surface area contributed by atoms with E-state index in [1.807, 2.05) is 30.3 Å². The summed E-state index contributed by atoms with van der Waals surface area (Å²) in [6.07, 6.45) is 3.36. The average molecular weight is 337 g/mol. The molecular weight excluding hydrogens is 322 g/mol. The van der Waals surface area contributed by atoms with Gasteiger partial charge in [-0.15, -0.1) is 0 Å². The zero-order valence-electron chi connectivity index (χ0n) is 13.3. The van der Waals surface area contributed by atoms with Crippen molar-refractivity contribution < 1.29 is 18.8 Å². The Morgan fingerprint density at radius 2 is 1.84 bits per heavy atom. The maximum absolute atomic E-state index is 12.2. The van der Waals surface area contributed by atoms with Gasteiger partial charge in [0.15, 0.2) is 23.0 Å². The van der Waals surface area contributed by atoms with E-state index in [1.54, 1.807) is 18.5 Å². The lowest BCUT2D eigenvalue weighted by atomic mass is 10.1. The van der Waals surface area contributed by atoms with Crippen molar-refractivity contribution in [2.45, 2.75) is 6.54 Å². The monoisotopic (exact) mass is 337 g/mol. The minimum Gasteiger partial charge on any atom is -0.486 e. The molecule has 7 heteroatoms. The van der Waals surface area contributed by atoms with Crippen molar-refractivity contribution >= 4 is 5.91 Å². The minimum atomic E-state index is -0.302. The highest BCUT2D eigenvalue weighted by Crippen LogP contribution is 2.34. The summed E-state index contributed by atoms with van der Waals surface area (Å²) in [7, 11) is 0. The molecule has 1 aliphatic rings. The molecule has 7 nitrogen and oxygen atoms in total. The number of fused-ring (bicyclic) bond motifs is 1. The maximum Gasteiger partial charge on any atom is 0.273 e. The fraction of sp³-hybridized carbons (Fsp3) is 0.167. The molecule has 1 aliphatic heterocycles. The van der Waals surface area contributed by atoms with Crippen molar-refractivity contribution in [2.75, 3.05) is 13.2 Å². The Morgan fingerprint density at radius 3 is 2.68 bits per heavy atom. The molecule has 1 N–H and O–H groups in total. The summed E-state index contributed by atoms with van der Waals surface area (Å²) in [6.45, 7) is 1.44. The normalized spacial score (nSPS) is 12.6. The van der Waals surface area contributed by atoms with Crippen molar-refractivity contribution in [3.05, 3.63) is 60.0 Å². The molecule has 126 valence electrons. The van der Waals surface area contributed by atoms with E-state index < -0.39 is 0 Å². The van der Waals surface area contributed by atoms with Crippen LogP contribution < -0.4 is 14.8 Å². The molecule has 3 aromatic rings.